The molecule has 248 valence electrons. The van der Waals surface area contributed by atoms with Gasteiger partial charge in [-0.3, -0.25) is 0 Å². The maximum absolute atomic E-state index is 2.45. The van der Waals surface area contributed by atoms with Crippen molar-refractivity contribution >= 4 is 91.9 Å². The number of hydrogen-bond acceptors (Lipinski definition) is 2. The molecule has 0 aliphatic rings. The molecule has 0 spiro atoms. The van der Waals surface area contributed by atoms with E-state index in [1.165, 1.54) is 86.0 Å². The van der Waals surface area contributed by atoms with Gasteiger partial charge in [-0.05, 0) is 70.4 Å². The zero-order valence-corrected chi connectivity index (χ0v) is 29.6. The lowest BCUT2D eigenvalue weighted by atomic mass is 10.0. The predicted molar refractivity (Wildman–Crippen MR) is 229 cm³/mol. The summed E-state index contributed by atoms with van der Waals surface area (Å²) in [6.07, 6.45) is 0. The normalized spacial score (nSPS) is 11.8. The molecule has 0 radical (unpaired) electrons. The number of fused-ring (bicyclic) bond motifs is 9. The Morgan fingerprint density at radius 3 is 1.87 bits per heavy atom. The summed E-state index contributed by atoms with van der Waals surface area (Å²) in [6.45, 7) is 0. The van der Waals surface area contributed by atoms with Crippen molar-refractivity contribution in [2.75, 3.05) is 4.90 Å². The summed E-state index contributed by atoms with van der Waals surface area (Å²) in [6, 6.07) is 70.9. The number of rotatable bonds is 5. The summed E-state index contributed by atoms with van der Waals surface area (Å²) >= 11 is 1.87. The first-order chi connectivity index (χ1) is 26.3. The average molecular weight is 693 g/mol. The second kappa shape index (κ2) is 11.9. The number of nitrogens with zero attached hydrogens (tertiary/aromatic N) is 2. The molecule has 0 bridgehead atoms. The molecule has 9 aromatic carbocycles. The average Bonchev–Trinajstić information content (AvgIpc) is 3.78. The summed E-state index contributed by atoms with van der Waals surface area (Å²) in [5.74, 6) is 0. The molecule has 11 rings (SSSR count). The fourth-order valence-corrected chi connectivity index (χ4v) is 9.53. The topological polar surface area (TPSA) is 8.17 Å². The van der Waals surface area contributed by atoms with Gasteiger partial charge < -0.3 is 9.47 Å². The lowest BCUT2D eigenvalue weighted by Gasteiger charge is -2.27. The van der Waals surface area contributed by atoms with Crippen molar-refractivity contribution in [2.24, 2.45) is 0 Å². The highest BCUT2D eigenvalue weighted by atomic mass is 32.1. The van der Waals surface area contributed by atoms with Gasteiger partial charge in [-0.15, -0.1) is 11.3 Å². The van der Waals surface area contributed by atoms with E-state index in [0.717, 1.165) is 11.4 Å². The lowest BCUT2D eigenvalue weighted by Crippen LogP contribution is -2.10. The maximum atomic E-state index is 2.45. The molecule has 2 nitrogen and oxygen atoms in total. The fraction of sp³-hybridized carbons (Fsp3) is 0. The number of anilines is 3. The highest BCUT2D eigenvalue weighted by molar-refractivity contribution is 7.26. The van der Waals surface area contributed by atoms with Crippen LogP contribution in [0.3, 0.4) is 0 Å². The zero-order valence-electron chi connectivity index (χ0n) is 28.8. The third-order valence-corrected chi connectivity index (χ3v) is 12.0. The van der Waals surface area contributed by atoms with Gasteiger partial charge in [-0.25, -0.2) is 0 Å². The van der Waals surface area contributed by atoms with Crippen LogP contribution >= 0.6 is 11.3 Å². The molecule has 53 heavy (non-hydrogen) atoms. The van der Waals surface area contributed by atoms with Crippen LogP contribution in [0.4, 0.5) is 17.1 Å². The summed E-state index contributed by atoms with van der Waals surface area (Å²) in [5, 5.41) is 10.1. The Morgan fingerprint density at radius 1 is 0.396 bits per heavy atom. The molecule has 11 aromatic rings. The minimum absolute atomic E-state index is 1.13. The highest BCUT2D eigenvalue weighted by Gasteiger charge is 2.20. The quantitative estimate of drug-likeness (QED) is 0.174. The van der Waals surface area contributed by atoms with E-state index in [0.29, 0.717) is 0 Å². The molecule has 0 fully saturated rings. The van der Waals surface area contributed by atoms with Crippen LogP contribution in [0.2, 0.25) is 0 Å². The van der Waals surface area contributed by atoms with Crippen LogP contribution in [-0.2, 0) is 0 Å². The molecule has 0 N–H and O–H groups in total. The van der Waals surface area contributed by atoms with Crippen molar-refractivity contribution in [3.05, 3.63) is 194 Å². The molecule has 0 aliphatic heterocycles. The Kier molecular flexibility index (Phi) is 6.76. The van der Waals surface area contributed by atoms with E-state index in [9.17, 15) is 0 Å². The Balaban J connectivity index is 1.10. The van der Waals surface area contributed by atoms with Crippen LogP contribution in [0.25, 0.3) is 80.3 Å². The van der Waals surface area contributed by atoms with Crippen molar-refractivity contribution in [1.29, 1.82) is 0 Å². The molecule has 2 heterocycles. The molecule has 3 heteroatoms. The molecule has 0 unspecified atom stereocenters. The first-order valence-corrected chi connectivity index (χ1v) is 18.9. The van der Waals surface area contributed by atoms with Crippen molar-refractivity contribution in [3.8, 4) is 16.8 Å². The molecular formula is C50H32N2S. The van der Waals surface area contributed by atoms with Gasteiger partial charge in [0.25, 0.3) is 0 Å². The summed E-state index contributed by atoms with van der Waals surface area (Å²) in [5.41, 5.74) is 9.48. The number of benzene rings is 9. The number of thiophene rings is 1. The van der Waals surface area contributed by atoms with Crippen molar-refractivity contribution in [3.63, 3.8) is 0 Å². The van der Waals surface area contributed by atoms with E-state index >= 15 is 0 Å². The number of aromatic nitrogens is 1. The number of hydrogen-bond donors (Lipinski definition) is 0. The number of para-hydroxylation sites is 1. The largest absolute Gasteiger partial charge is 0.309 e. The molecule has 0 aliphatic carbocycles. The van der Waals surface area contributed by atoms with Gasteiger partial charge in [-0.1, -0.05) is 146 Å². The van der Waals surface area contributed by atoms with E-state index in [1.807, 2.05) is 11.3 Å². The predicted octanol–water partition coefficient (Wildman–Crippen LogP) is 14.6. The van der Waals surface area contributed by atoms with Gasteiger partial charge in [0.1, 0.15) is 0 Å². The lowest BCUT2D eigenvalue weighted by molar-refractivity contribution is 1.19. The Hall–Kier alpha value is -6.68. The first kappa shape index (κ1) is 30.0. The smallest absolute Gasteiger partial charge is 0.0640 e. The van der Waals surface area contributed by atoms with Crippen LogP contribution in [0.15, 0.2) is 194 Å². The van der Waals surface area contributed by atoms with E-state index in [-0.39, 0.29) is 0 Å². The summed E-state index contributed by atoms with van der Waals surface area (Å²) < 4.78 is 5.04. The van der Waals surface area contributed by atoms with Crippen LogP contribution in [-0.4, -0.2) is 4.57 Å². The third kappa shape index (κ3) is 4.71. The third-order valence-electron chi connectivity index (χ3n) is 10.8. The van der Waals surface area contributed by atoms with Crippen LogP contribution in [0.1, 0.15) is 0 Å². The van der Waals surface area contributed by atoms with Crippen molar-refractivity contribution in [1.82, 2.24) is 4.57 Å². The Bertz CT molecular complexity index is 3160. The second-order valence-corrected chi connectivity index (χ2v) is 14.8. The minimum Gasteiger partial charge on any atom is -0.309 e. The first-order valence-electron chi connectivity index (χ1n) is 18.1. The molecule has 0 saturated heterocycles. The van der Waals surface area contributed by atoms with Gasteiger partial charge in [-0.2, -0.15) is 0 Å². The van der Waals surface area contributed by atoms with Gasteiger partial charge in [0.05, 0.1) is 27.1 Å². The van der Waals surface area contributed by atoms with E-state index in [2.05, 4.69) is 204 Å². The SMILES string of the molecule is c1ccc(-n2c3cc(-c4ccc(N(c5cccc6ccccc56)c5cccc6c5sc5ccccc56)cc4)ccc3c3ccc4ccccc4c32)cc1. The second-order valence-electron chi connectivity index (χ2n) is 13.7. The monoisotopic (exact) mass is 692 g/mol. The van der Waals surface area contributed by atoms with Crippen LogP contribution in [0, 0.1) is 0 Å². The molecule has 2 aromatic heterocycles. The standard InChI is InChI=1S/C50H32N2S/c1-2-15-37(16-3-1)52-47-32-36(27-30-41(47)43-31-26-35-13-5-7-18-40(35)49(43)52)33-24-28-38(29-25-33)51(45-21-10-14-34-12-4-6-17-39(34)45)46-22-11-20-44-42-19-8-9-23-48(42)53-50(44)46/h1-32H. The van der Waals surface area contributed by atoms with Crippen LogP contribution in [0.5, 0.6) is 0 Å². The van der Waals surface area contributed by atoms with Crippen molar-refractivity contribution < 1.29 is 0 Å². The summed E-state index contributed by atoms with van der Waals surface area (Å²) in [7, 11) is 0. The van der Waals surface area contributed by atoms with E-state index in [4.69, 9.17) is 0 Å². The van der Waals surface area contributed by atoms with Crippen LogP contribution < -0.4 is 4.90 Å². The maximum Gasteiger partial charge on any atom is 0.0640 e. The van der Waals surface area contributed by atoms with Gasteiger partial charge in [0, 0.05) is 48.4 Å². The van der Waals surface area contributed by atoms with Gasteiger partial charge in [0.15, 0.2) is 0 Å². The summed E-state index contributed by atoms with van der Waals surface area (Å²) in [4.78, 5) is 2.45. The minimum atomic E-state index is 1.13. The zero-order chi connectivity index (χ0) is 34.9. The van der Waals surface area contributed by atoms with E-state index < -0.39 is 0 Å². The van der Waals surface area contributed by atoms with Gasteiger partial charge in [0.2, 0.25) is 0 Å². The van der Waals surface area contributed by atoms with Gasteiger partial charge >= 0.3 is 0 Å². The van der Waals surface area contributed by atoms with Crippen molar-refractivity contribution in [2.45, 2.75) is 0 Å². The molecule has 0 atom stereocenters. The molecule has 0 saturated carbocycles. The highest BCUT2D eigenvalue weighted by Crippen LogP contribution is 2.47. The fourth-order valence-electron chi connectivity index (χ4n) is 8.33. The molecular weight excluding hydrogens is 661 g/mol. The van der Waals surface area contributed by atoms with E-state index in [1.54, 1.807) is 0 Å². The Labute approximate surface area is 311 Å². The molecule has 0 amide bonds. The Morgan fingerprint density at radius 2 is 1.02 bits per heavy atom.